The third kappa shape index (κ3) is 2.93. The number of nitrogens with zero attached hydrogens (tertiary/aromatic N) is 1. The zero-order chi connectivity index (χ0) is 17.4. The van der Waals surface area contributed by atoms with Crippen LogP contribution >= 0.6 is 11.6 Å². The lowest BCUT2D eigenvalue weighted by atomic mass is 9.91. The molecule has 2 heterocycles. The highest BCUT2D eigenvalue weighted by Crippen LogP contribution is 2.44. The van der Waals surface area contributed by atoms with Gasteiger partial charge in [-0.25, -0.2) is 0 Å². The summed E-state index contributed by atoms with van der Waals surface area (Å²) in [4.78, 5) is 14.7. The second-order valence-corrected chi connectivity index (χ2v) is 6.71. The van der Waals surface area contributed by atoms with Crippen LogP contribution in [0.1, 0.15) is 17.5 Å². The molecule has 0 bridgehead atoms. The second kappa shape index (κ2) is 6.42. The lowest BCUT2D eigenvalue weighted by molar-refractivity contribution is -0.148. The van der Waals surface area contributed by atoms with Crippen LogP contribution in [0, 0.1) is 0 Å². The van der Waals surface area contributed by atoms with E-state index in [9.17, 15) is 9.90 Å². The summed E-state index contributed by atoms with van der Waals surface area (Å²) in [5, 5.41) is 11.8. The Kier molecular flexibility index (Phi) is 4.25. The van der Waals surface area contributed by atoms with Gasteiger partial charge in [0.15, 0.2) is 11.9 Å². The molecule has 0 aliphatic carbocycles. The molecule has 4 rings (SSSR count). The van der Waals surface area contributed by atoms with Crippen LogP contribution in [0.4, 0.5) is 5.69 Å². The quantitative estimate of drug-likeness (QED) is 0.912. The maximum atomic E-state index is 13.1. The summed E-state index contributed by atoms with van der Waals surface area (Å²) in [7, 11) is 0. The molecule has 1 N–H and O–H groups in total. The number of amides is 1. The molecule has 0 radical (unpaired) electrons. The molecule has 1 amide bonds. The summed E-state index contributed by atoms with van der Waals surface area (Å²) in [6.07, 6.45) is -0.488. The van der Waals surface area contributed by atoms with Crippen molar-refractivity contribution in [3.63, 3.8) is 0 Å². The number of aliphatic hydroxyl groups is 1. The van der Waals surface area contributed by atoms with E-state index in [0.29, 0.717) is 36.0 Å². The molecule has 2 aliphatic heterocycles. The summed E-state index contributed by atoms with van der Waals surface area (Å²) in [6.45, 7) is 1.32. The Morgan fingerprint density at radius 1 is 1.12 bits per heavy atom. The molecule has 1 unspecified atom stereocenters. The maximum absolute atomic E-state index is 13.1. The largest absolute Gasteiger partial charge is 0.375 e. The Morgan fingerprint density at radius 2 is 1.80 bits per heavy atom. The zero-order valence-corrected chi connectivity index (χ0v) is 14.3. The summed E-state index contributed by atoms with van der Waals surface area (Å²) < 4.78 is 10.9. The van der Waals surface area contributed by atoms with Crippen molar-refractivity contribution in [3.8, 4) is 0 Å². The highest BCUT2D eigenvalue weighted by molar-refractivity contribution is 6.30. The summed E-state index contributed by atoms with van der Waals surface area (Å²) >= 11 is 5.93. The van der Waals surface area contributed by atoms with E-state index in [4.69, 9.17) is 21.1 Å². The van der Waals surface area contributed by atoms with Crippen LogP contribution in [0.5, 0.6) is 0 Å². The van der Waals surface area contributed by atoms with Crippen molar-refractivity contribution in [1.29, 1.82) is 0 Å². The first-order chi connectivity index (χ1) is 12.1. The monoisotopic (exact) mass is 359 g/mol. The molecule has 130 valence electrons. The Balaban J connectivity index is 1.66. The van der Waals surface area contributed by atoms with Crippen molar-refractivity contribution in [2.75, 3.05) is 18.1 Å². The van der Waals surface area contributed by atoms with Crippen LogP contribution in [-0.4, -0.2) is 30.5 Å². The van der Waals surface area contributed by atoms with Gasteiger partial charge in [-0.15, -0.1) is 0 Å². The van der Waals surface area contributed by atoms with E-state index in [1.807, 2.05) is 30.3 Å². The first-order valence-corrected chi connectivity index (χ1v) is 8.57. The summed E-state index contributed by atoms with van der Waals surface area (Å²) in [5.41, 5.74) is 0.596. The smallest absolute Gasteiger partial charge is 0.264 e. The van der Waals surface area contributed by atoms with Gasteiger partial charge in [-0.1, -0.05) is 41.9 Å². The summed E-state index contributed by atoms with van der Waals surface area (Å²) in [6, 6.07) is 14.6. The number of halogens is 1. The van der Waals surface area contributed by atoms with Gasteiger partial charge in [0.25, 0.3) is 5.91 Å². The average molecular weight is 360 g/mol. The first-order valence-electron chi connectivity index (χ1n) is 8.19. The van der Waals surface area contributed by atoms with Gasteiger partial charge in [0.05, 0.1) is 25.4 Å². The normalized spacial score (nSPS) is 23.3. The molecule has 6 heteroatoms. The van der Waals surface area contributed by atoms with Crippen molar-refractivity contribution in [2.45, 2.75) is 24.9 Å². The van der Waals surface area contributed by atoms with Crippen LogP contribution in [0.25, 0.3) is 0 Å². The van der Waals surface area contributed by atoms with Gasteiger partial charge in [0.1, 0.15) is 0 Å². The van der Waals surface area contributed by atoms with Gasteiger partial charge in [-0.2, -0.15) is 0 Å². The standard InChI is InChI=1S/C19H18ClNO4/c20-14-7-5-13(6-8-14)12-21-16-4-2-1-3-15(16)19(23,18(21)22)11-17-24-9-10-25-17/h1-8,17,23H,9-12H2. The molecule has 1 fully saturated rings. The number of carbonyl (C=O) groups is 1. The molecular weight excluding hydrogens is 342 g/mol. The SMILES string of the molecule is O=C1N(Cc2ccc(Cl)cc2)c2ccccc2C1(O)CC1OCCO1. The topological polar surface area (TPSA) is 59.0 Å². The van der Waals surface area contributed by atoms with E-state index in [-0.39, 0.29) is 12.3 Å². The molecule has 25 heavy (non-hydrogen) atoms. The average Bonchev–Trinajstić information content (AvgIpc) is 3.19. The van der Waals surface area contributed by atoms with Crippen molar-refractivity contribution in [1.82, 2.24) is 0 Å². The molecule has 0 saturated carbocycles. The predicted molar refractivity (Wildman–Crippen MR) is 93.3 cm³/mol. The van der Waals surface area contributed by atoms with Gasteiger partial charge >= 0.3 is 0 Å². The Hall–Kier alpha value is -1.92. The fraction of sp³-hybridized carbons (Fsp3) is 0.316. The minimum atomic E-state index is -1.64. The molecular formula is C19H18ClNO4. The molecule has 2 aromatic rings. The molecule has 5 nitrogen and oxygen atoms in total. The van der Waals surface area contributed by atoms with Crippen molar-refractivity contribution < 1.29 is 19.4 Å². The number of hydrogen-bond donors (Lipinski definition) is 1. The number of para-hydroxylation sites is 1. The van der Waals surface area contributed by atoms with E-state index in [1.165, 1.54) is 0 Å². The number of carbonyl (C=O) groups excluding carboxylic acids is 1. The van der Waals surface area contributed by atoms with Crippen LogP contribution < -0.4 is 4.90 Å². The lowest BCUT2D eigenvalue weighted by Gasteiger charge is -2.25. The van der Waals surface area contributed by atoms with Gasteiger partial charge < -0.3 is 19.5 Å². The highest BCUT2D eigenvalue weighted by Gasteiger charge is 2.51. The number of ether oxygens (including phenoxy) is 2. The molecule has 1 atom stereocenters. The third-order valence-corrected chi connectivity index (χ3v) is 4.90. The zero-order valence-electron chi connectivity index (χ0n) is 13.5. The second-order valence-electron chi connectivity index (χ2n) is 6.27. The van der Waals surface area contributed by atoms with Gasteiger partial charge in [0.2, 0.25) is 0 Å². The molecule has 1 saturated heterocycles. The third-order valence-electron chi connectivity index (χ3n) is 4.65. The van der Waals surface area contributed by atoms with Crippen LogP contribution in [0.15, 0.2) is 48.5 Å². The van der Waals surface area contributed by atoms with E-state index >= 15 is 0 Å². The van der Waals surface area contributed by atoms with Crippen LogP contribution in [0.2, 0.25) is 5.02 Å². The van der Waals surface area contributed by atoms with E-state index in [1.54, 1.807) is 23.1 Å². The van der Waals surface area contributed by atoms with Gasteiger partial charge in [0, 0.05) is 17.0 Å². The maximum Gasteiger partial charge on any atom is 0.264 e. The number of rotatable bonds is 4. The molecule has 2 aromatic carbocycles. The summed E-state index contributed by atoms with van der Waals surface area (Å²) in [5.74, 6) is -0.359. The molecule has 0 spiro atoms. The lowest BCUT2D eigenvalue weighted by Crippen LogP contribution is -2.42. The van der Waals surface area contributed by atoms with Crippen LogP contribution in [-0.2, 0) is 26.4 Å². The highest BCUT2D eigenvalue weighted by atomic mass is 35.5. The Labute approximate surface area is 150 Å². The van der Waals surface area contributed by atoms with Crippen molar-refractivity contribution in [3.05, 3.63) is 64.7 Å². The Bertz CT molecular complexity index is 788. The van der Waals surface area contributed by atoms with E-state index in [0.717, 1.165) is 5.56 Å². The number of anilines is 1. The minimum Gasteiger partial charge on any atom is -0.375 e. The predicted octanol–water partition coefficient (Wildman–Crippen LogP) is 2.84. The fourth-order valence-electron chi connectivity index (χ4n) is 3.40. The first kappa shape index (κ1) is 16.5. The van der Waals surface area contributed by atoms with Gasteiger partial charge in [-0.3, -0.25) is 4.79 Å². The van der Waals surface area contributed by atoms with Crippen molar-refractivity contribution in [2.24, 2.45) is 0 Å². The van der Waals surface area contributed by atoms with Crippen molar-refractivity contribution >= 4 is 23.2 Å². The number of hydrogen-bond acceptors (Lipinski definition) is 4. The number of benzene rings is 2. The molecule has 0 aromatic heterocycles. The fourth-order valence-corrected chi connectivity index (χ4v) is 3.53. The van der Waals surface area contributed by atoms with E-state index in [2.05, 4.69) is 0 Å². The van der Waals surface area contributed by atoms with E-state index < -0.39 is 11.9 Å². The number of fused-ring (bicyclic) bond motifs is 1. The van der Waals surface area contributed by atoms with Gasteiger partial charge in [-0.05, 0) is 23.8 Å². The van der Waals surface area contributed by atoms with Crippen LogP contribution in [0.3, 0.4) is 0 Å². The Morgan fingerprint density at radius 3 is 2.52 bits per heavy atom. The minimum absolute atomic E-state index is 0.0833. The molecule has 2 aliphatic rings.